The number of benzene rings is 3. The highest BCUT2D eigenvalue weighted by Gasteiger charge is 2.23. The van der Waals surface area contributed by atoms with Crippen molar-refractivity contribution < 1.29 is 5.11 Å². The fourth-order valence-electron chi connectivity index (χ4n) is 2.59. The lowest BCUT2D eigenvalue weighted by atomic mass is 9.95. The van der Waals surface area contributed by atoms with Crippen LogP contribution in [0.15, 0.2) is 84.9 Å². The van der Waals surface area contributed by atoms with Crippen LogP contribution in [0.25, 0.3) is 0 Å². The summed E-state index contributed by atoms with van der Waals surface area (Å²) in [6.45, 7) is 0. The number of hydrogen-bond donors (Lipinski definition) is 2. The van der Waals surface area contributed by atoms with Gasteiger partial charge in [-0.1, -0.05) is 84.4 Å². The van der Waals surface area contributed by atoms with Crippen LogP contribution in [0.1, 0.15) is 23.3 Å². The Bertz CT molecular complexity index is 746. The molecule has 0 amide bonds. The summed E-state index contributed by atoms with van der Waals surface area (Å²) in [5, 5.41) is 14.9. The molecule has 0 aliphatic carbocycles. The molecular formula is C20H18ClNO. The fourth-order valence-corrected chi connectivity index (χ4v) is 2.78. The van der Waals surface area contributed by atoms with Gasteiger partial charge in [0, 0.05) is 0 Å². The zero-order valence-corrected chi connectivity index (χ0v) is 13.3. The monoisotopic (exact) mass is 323 g/mol. The average Bonchev–Trinajstić information content (AvgIpc) is 2.62. The Balaban J connectivity index is 1.96. The largest absolute Gasteiger partial charge is 0.386 e. The number of aliphatic hydroxyl groups excluding tert-OH is 1. The topological polar surface area (TPSA) is 32.3 Å². The van der Waals surface area contributed by atoms with Crippen molar-refractivity contribution in [2.24, 2.45) is 0 Å². The minimum atomic E-state index is -0.685. The van der Waals surface area contributed by atoms with E-state index in [0.717, 1.165) is 16.8 Å². The molecule has 0 saturated carbocycles. The molecule has 116 valence electrons. The van der Waals surface area contributed by atoms with Crippen LogP contribution in [0.3, 0.4) is 0 Å². The van der Waals surface area contributed by atoms with Crippen LogP contribution in [0.5, 0.6) is 0 Å². The van der Waals surface area contributed by atoms with E-state index in [9.17, 15) is 5.11 Å². The molecule has 2 atom stereocenters. The number of nitrogens with one attached hydrogen (secondary N) is 1. The lowest BCUT2D eigenvalue weighted by Gasteiger charge is -2.26. The number of halogens is 1. The van der Waals surface area contributed by atoms with Gasteiger partial charge in [-0.15, -0.1) is 0 Å². The molecule has 0 aliphatic heterocycles. The summed E-state index contributed by atoms with van der Waals surface area (Å²) in [5.74, 6) is 0. The summed E-state index contributed by atoms with van der Waals surface area (Å²) in [6.07, 6.45) is -0.685. The van der Waals surface area contributed by atoms with Gasteiger partial charge < -0.3 is 10.4 Å². The highest BCUT2D eigenvalue weighted by Crippen LogP contribution is 2.34. The summed E-state index contributed by atoms with van der Waals surface area (Å²) < 4.78 is 0. The highest BCUT2D eigenvalue weighted by molar-refractivity contribution is 6.33. The van der Waals surface area contributed by atoms with Gasteiger partial charge in [0.15, 0.2) is 0 Å². The van der Waals surface area contributed by atoms with E-state index >= 15 is 0 Å². The van der Waals surface area contributed by atoms with E-state index in [2.05, 4.69) is 5.32 Å². The summed E-state index contributed by atoms with van der Waals surface area (Å²) in [7, 11) is 0. The second-order valence-electron chi connectivity index (χ2n) is 5.37. The Hall–Kier alpha value is -2.29. The summed E-state index contributed by atoms with van der Waals surface area (Å²) >= 11 is 6.26. The zero-order valence-electron chi connectivity index (χ0n) is 12.6. The number of para-hydroxylation sites is 1. The van der Waals surface area contributed by atoms with Gasteiger partial charge in [0.2, 0.25) is 0 Å². The maximum atomic E-state index is 10.9. The van der Waals surface area contributed by atoms with E-state index in [0.29, 0.717) is 5.02 Å². The lowest BCUT2D eigenvalue weighted by molar-refractivity contribution is 0.155. The van der Waals surface area contributed by atoms with Crippen LogP contribution in [-0.4, -0.2) is 5.11 Å². The Kier molecular flexibility index (Phi) is 4.96. The van der Waals surface area contributed by atoms with Crippen LogP contribution in [0.2, 0.25) is 5.02 Å². The van der Waals surface area contributed by atoms with E-state index in [1.54, 1.807) is 0 Å². The molecule has 3 aromatic rings. The summed E-state index contributed by atoms with van der Waals surface area (Å²) in [4.78, 5) is 0. The van der Waals surface area contributed by atoms with E-state index in [4.69, 9.17) is 11.6 Å². The number of rotatable bonds is 5. The Labute approximate surface area is 141 Å². The minimum Gasteiger partial charge on any atom is -0.386 e. The van der Waals surface area contributed by atoms with Crippen LogP contribution < -0.4 is 5.32 Å². The van der Waals surface area contributed by atoms with E-state index < -0.39 is 6.10 Å². The molecule has 0 fully saturated rings. The third-order valence-corrected chi connectivity index (χ3v) is 4.13. The second kappa shape index (κ2) is 7.32. The van der Waals surface area contributed by atoms with Crippen molar-refractivity contribution in [3.63, 3.8) is 0 Å². The average molecular weight is 324 g/mol. The standard InChI is InChI=1S/C20H18ClNO/c21-17-13-7-8-14-18(17)22-19(15-9-3-1-4-10-15)20(23)16-11-5-2-6-12-16/h1-14,19-20,22-23H/t19-,20+/m0/s1. The van der Waals surface area contributed by atoms with Gasteiger partial charge in [-0.05, 0) is 23.3 Å². The van der Waals surface area contributed by atoms with Gasteiger partial charge in [-0.25, -0.2) is 0 Å². The predicted octanol–water partition coefficient (Wildman–Crippen LogP) is 5.23. The first-order valence-electron chi connectivity index (χ1n) is 7.55. The molecule has 2 N–H and O–H groups in total. The first kappa shape index (κ1) is 15.6. The predicted molar refractivity (Wildman–Crippen MR) is 95.7 cm³/mol. The first-order chi connectivity index (χ1) is 11.3. The Morgan fingerprint density at radius 1 is 0.696 bits per heavy atom. The van der Waals surface area contributed by atoms with E-state index in [1.807, 2.05) is 84.9 Å². The number of hydrogen-bond acceptors (Lipinski definition) is 2. The van der Waals surface area contributed by atoms with Crippen molar-refractivity contribution in [3.8, 4) is 0 Å². The van der Waals surface area contributed by atoms with Crippen molar-refractivity contribution in [3.05, 3.63) is 101 Å². The molecular weight excluding hydrogens is 306 g/mol. The van der Waals surface area contributed by atoms with Gasteiger partial charge in [0.25, 0.3) is 0 Å². The van der Waals surface area contributed by atoms with E-state index in [1.165, 1.54) is 0 Å². The molecule has 0 spiro atoms. The SMILES string of the molecule is O[C@H](c1ccccc1)[C@@H](Nc1ccccc1Cl)c1ccccc1. The highest BCUT2D eigenvalue weighted by atomic mass is 35.5. The molecule has 3 heteroatoms. The van der Waals surface area contributed by atoms with Gasteiger partial charge in [0.1, 0.15) is 6.10 Å². The molecule has 0 aromatic heterocycles. The molecule has 0 unspecified atom stereocenters. The third kappa shape index (κ3) is 3.73. The molecule has 0 bridgehead atoms. The summed E-state index contributed by atoms with van der Waals surface area (Å²) in [5.41, 5.74) is 2.67. The molecule has 3 aromatic carbocycles. The van der Waals surface area contributed by atoms with Crippen molar-refractivity contribution in [2.45, 2.75) is 12.1 Å². The smallest absolute Gasteiger partial charge is 0.103 e. The lowest BCUT2D eigenvalue weighted by Crippen LogP contribution is -2.19. The van der Waals surface area contributed by atoms with Crippen molar-refractivity contribution in [1.82, 2.24) is 0 Å². The van der Waals surface area contributed by atoms with Gasteiger partial charge in [-0.3, -0.25) is 0 Å². The van der Waals surface area contributed by atoms with Crippen LogP contribution in [-0.2, 0) is 0 Å². The normalized spacial score (nSPS) is 13.3. The van der Waals surface area contributed by atoms with Crippen molar-refractivity contribution >= 4 is 17.3 Å². The van der Waals surface area contributed by atoms with Gasteiger partial charge >= 0.3 is 0 Å². The molecule has 0 heterocycles. The maximum absolute atomic E-state index is 10.9. The maximum Gasteiger partial charge on any atom is 0.103 e. The van der Waals surface area contributed by atoms with Crippen molar-refractivity contribution in [1.29, 1.82) is 0 Å². The molecule has 23 heavy (non-hydrogen) atoms. The third-order valence-electron chi connectivity index (χ3n) is 3.80. The Morgan fingerprint density at radius 3 is 1.83 bits per heavy atom. The first-order valence-corrected chi connectivity index (χ1v) is 7.92. The number of aliphatic hydroxyl groups is 1. The van der Waals surface area contributed by atoms with Crippen molar-refractivity contribution in [2.75, 3.05) is 5.32 Å². The van der Waals surface area contributed by atoms with Gasteiger partial charge in [0.05, 0.1) is 16.8 Å². The molecule has 0 aliphatic rings. The van der Waals surface area contributed by atoms with Gasteiger partial charge in [-0.2, -0.15) is 0 Å². The zero-order chi connectivity index (χ0) is 16.1. The molecule has 2 nitrogen and oxygen atoms in total. The Morgan fingerprint density at radius 2 is 1.22 bits per heavy atom. The van der Waals surface area contributed by atoms with Crippen LogP contribution >= 0.6 is 11.6 Å². The minimum absolute atomic E-state index is 0.293. The van der Waals surface area contributed by atoms with E-state index in [-0.39, 0.29) is 6.04 Å². The van der Waals surface area contributed by atoms with Crippen LogP contribution in [0.4, 0.5) is 5.69 Å². The summed E-state index contributed by atoms with van der Waals surface area (Å²) in [6, 6.07) is 26.8. The van der Waals surface area contributed by atoms with Crippen LogP contribution in [0, 0.1) is 0 Å². The molecule has 0 saturated heterocycles. The quantitative estimate of drug-likeness (QED) is 0.674. The molecule has 0 radical (unpaired) electrons. The molecule has 3 rings (SSSR count). The second-order valence-corrected chi connectivity index (χ2v) is 5.78. The fraction of sp³-hybridized carbons (Fsp3) is 0.100. The number of anilines is 1.